The normalized spacial score (nSPS) is 11.1. The molecule has 0 fully saturated rings. The summed E-state index contributed by atoms with van der Waals surface area (Å²) in [4.78, 5) is 4.29. The summed E-state index contributed by atoms with van der Waals surface area (Å²) >= 11 is 7.23. The Morgan fingerprint density at radius 1 is 1.05 bits per heavy atom. The van der Waals surface area contributed by atoms with Gasteiger partial charge in [0.05, 0.1) is 57.8 Å². The van der Waals surface area contributed by atoms with Crippen LogP contribution >= 0.6 is 22.9 Å². The van der Waals surface area contributed by atoms with Gasteiger partial charge in [-0.3, -0.25) is 0 Å². The van der Waals surface area contributed by atoms with E-state index >= 15 is 0 Å². The number of alkyl halides is 1. The van der Waals surface area contributed by atoms with E-state index in [1.807, 2.05) is 5.38 Å². The molecule has 0 amide bonds. The summed E-state index contributed by atoms with van der Waals surface area (Å²) in [5.41, 5.74) is 0.898. The lowest BCUT2D eigenvalue weighted by atomic mass is 10.6. The van der Waals surface area contributed by atoms with E-state index in [0.717, 1.165) is 10.7 Å². The molecule has 1 aromatic rings. The molecular formula is C12H20ClNO4S. The van der Waals surface area contributed by atoms with Crippen LogP contribution in [0.2, 0.25) is 0 Å². The van der Waals surface area contributed by atoms with Gasteiger partial charge in [-0.1, -0.05) is 0 Å². The number of thiazole rings is 1. The molecule has 0 N–H and O–H groups in total. The van der Waals surface area contributed by atoms with Crippen LogP contribution < -0.4 is 0 Å². The van der Waals surface area contributed by atoms with E-state index in [2.05, 4.69) is 4.98 Å². The van der Waals surface area contributed by atoms with Gasteiger partial charge in [0.2, 0.25) is 0 Å². The van der Waals surface area contributed by atoms with Crippen molar-refractivity contribution in [3.63, 3.8) is 0 Å². The summed E-state index contributed by atoms with van der Waals surface area (Å²) in [5.74, 6) is 0.447. The highest BCUT2D eigenvalue weighted by molar-refractivity contribution is 7.09. The van der Waals surface area contributed by atoms with Gasteiger partial charge in [-0.05, 0) is 0 Å². The third-order valence-corrected chi connectivity index (χ3v) is 3.28. The standard InChI is InChI=1S/C12H20ClNO4S/c1-15-2-3-16-4-5-17-6-7-18-9-12-14-11(8-13)10-19-12/h10H,2-9H2,1H3. The van der Waals surface area contributed by atoms with Crippen LogP contribution in [-0.4, -0.2) is 51.7 Å². The van der Waals surface area contributed by atoms with E-state index in [4.69, 9.17) is 30.5 Å². The quantitative estimate of drug-likeness (QED) is 0.437. The lowest BCUT2D eigenvalue weighted by molar-refractivity contribution is 0.000842. The predicted octanol–water partition coefficient (Wildman–Crippen LogP) is 2.08. The van der Waals surface area contributed by atoms with Crippen LogP contribution in [0.5, 0.6) is 0 Å². The third-order valence-electron chi connectivity index (χ3n) is 2.14. The van der Waals surface area contributed by atoms with Crippen LogP contribution in [0.1, 0.15) is 10.7 Å². The Morgan fingerprint density at radius 3 is 2.26 bits per heavy atom. The Labute approximate surface area is 122 Å². The van der Waals surface area contributed by atoms with Crippen molar-refractivity contribution in [2.45, 2.75) is 12.5 Å². The van der Waals surface area contributed by atoms with Crippen molar-refractivity contribution in [2.24, 2.45) is 0 Å². The van der Waals surface area contributed by atoms with Crippen molar-refractivity contribution in [1.82, 2.24) is 4.98 Å². The predicted molar refractivity (Wildman–Crippen MR) is 74.8 cm³/mol. The number of hydrogen-bond acceptors (Lipinski definition) is 6. The van der Waals surface area contributed by atoms with E-state index in [-0.39, 0.29) is 0 Å². The second-order valence-electron chi connectivity index (χ2n) is 3.64. The molecule has 0 aliphatic heterocycles. The Bertz CT molecular complexity index is 324. The molecule has 110 valence electrons. The van der Waals surface area contributed by atoms with Crippen molar-refractivity contribution in [3.8, 4) is 0 Å². The minimum Gasteiger partial charge on any atom is -0.382 e. The van der Waals surface area contributed by atoms with Crippen molar-refractivity contribution in [1.29, 1.82) is 0 Å². The van der Waals surface area contributed by atoms with Crippen molar-refractivity contribution in [3.05, 3.63) is 16.1 Å². The van der Waals surface area contributed by atoms with Gasteiger partial charge in [-0.15, -0.1) is 22.9 Å². The largest absolute Gasteiger partial charge is 0.382 e. The van der Waals surface area contributed by atoms with Crippen LogP contribution in [-0.2, 0) is 31.4 Å². The van der Waals surface area contributed by atoms with Crippen molar-refractivity contribution in [2.75, 3.05) is 46.8 Å². The maximum Gasteiger partial charge on any atom is 0.119 e. The van der Waals surface area contributed by atoms with Gasteiger partial charge in [-0.25, -0.2) is 4.98 Å². The van der Waals surface area contributed by atoms with E-state index in [9.17, 15) is 0 Å². The molecule has 7 heteroatoms. The number of nitrogens with zero attached hydrogens (tertiary/aromatic N) is 1. The third kappa shape index (κ3) is 8.52. The first-order valence-electron chi connectivity index (χ1n) is 6.08. The van der Waals surface area contributed by atoms with Crippen LogP contribution in [0.15, 0.2) is 5.38 Å². The Morgan fingerprint density at radius 2 is 1.68 bits per heavy atom. The molecule has 0 aliphatic rings. The molecule has 0 aliphatic carbocycles. The van der Waals surface area contributed by atoms with E-state index in [0.29, 0.717) is 52.1 Å². The van der Waals surface area contributed by atoms with E-state index in [1.54, 1.807) is 18.4 Å². The highest BCUT2D eigenvalue weighted by Gasteiger charge is 2.00. The molecule has 0 atom stereocenters. The second kappa shape index (κ2) is 11.6. The first-order valence-corrected chi connectivity index (χ1v) is 7.49. The number of methoxy groups -OCH3 is 1. The van der Waals surface area contributed by atoms with Gasteiger partial charge >= 0.3 is 0 Å². The summed E-state index contributed by atoms with van der Waals surface area (Å²) in [5, 5.41) is 2.89. The average molecular weight is 310 g/mol. The lowest BCUT2D eigenvalue weighted by Crippen LogP contribution is -2.11. The monoisotopic (exact) mass is 309 g/mol. The molecule has 1 rings (SSSR count). The zero-order valence-electron chi connectivity index (χ0n) is 11.1. The first-order chi connectivity index (χ1) is 9.36. The van der Waals surface area contributed by atoms with Gasteiger partial charge in [0.15, 0.2) is 0 Å². The molecule has 0 aromatic carbocycles. The second-order valence-corrected chi connectivity index (χ2v) is 4.85. The molecule has 1 heterocycles. The molecule has 0 spiro atoms. The summed E-state index contributed by atoms with van der Waals surface area (Å²) in [6, 6.07) is 0. The fourth-order valence-corrected chi connectivity index (χ4v) is 2.18. The first kappa shape index (κ1) is 16.8. The van der Waals surface area contributed by atoms with Crippen LogP contribution in [0.4, 0.5) is 0 Å². The van der Waals surface area contributed by atoms with Gasteiger partial charge in [0.25, 0.3) is 0 Å². The number of rotatable bonds is 12. The van der Waals surface area contributed by atoms with Crippen LogP contribution in [0.3, 0.4) is 0 Å². The van der Waals surface area contributed by atoms with Gasteiger partial charge < -0.3 is 18.9 Å². The highest BCUT2D eigenvalue weighted by Crippen LogP contribution is 2.12. The van der Waals surface area contributed by atoms with Crippen molar-refractivity contribution < 1.29 is 18.9 Å². The Kier molecular flexibility index (Phi) is 10.2. The summed E-state index contributed by atoms with van der Waals surface area (Å²) in [7, 11) is 1.65. The SMILES string of the molecule is COCCOCCOCCOCc1nc(CCl)cs1. The summed E-state index contributed by atoms with van der Waals surface area (Å²) in [6.45, 7) is 3.98. The van der Waals surface area contributed by atoms with Gasteiger partial charge in [0.1, 0.15) is 5.01 Å². The molecular weight excluding hydrogens is 290 g/mol. The smallest absolute Gasteiger partial charge is 0.119 e. The molecule has 1 aromatic heterocycles. The summed E-state index contributed by atoms with van der Waals surface area (Å²) < 4.78 is 20.9. The van der Waals surface area contributed by atoms with E-state index < -0.39 is 0 Å². The maximum absolute atomic E-state index is 5.67. The maximum atomic E-state index is 5.67. The van der Waals surface area contributed by atoms with Crippen LogP contribution in [0.25, 0.3) is 0 Å². The van der Waals surface area contributed by atoms with E-state index in [1.165, 1.54) is 0 Å². The number of aromatic nitrogens is 1. The minimum absolute atomic E-state index is 0.447. The number of ether oxygens (including phenoxy) is 4. The zero-order chi connectivity index (χ0) is 13.8. The highest BCUT2D eigenvalue weighted by atomic mass is 35.5. The van der Waals surface area contributed by atoms with Crippen LogP contribution in [0, 0.1) is 0 Å². The zero-order valence-corrected chi connectivity index (χ0v) is 12.7. The van der Waals surface area contributed by atoms with Gasteiger partial charge in [0, 0.05) is 12.5 Å². The fourth-order valence-electron chi connectivity index (χ4n) is 1.22. The molecule has 0 saturated carbocycles. The minimum atomic E-state index is 0.447. The molecule has 0 bridgehead atoms. The molecule has 19 heavy (non-hydrogen) atoms. The topological polar surface area (TPSA) is 49.8 Å². The molecule has 0 unspecified atom stereocenters. The molecule has 5 nitrogen and oxygen atoms in total. The van der Waals surface area contributed by atoms with Gasteiger partial charge in [-0.2, -0.15) is 0 Å². The number of hydrogen-bond donors (Lipinski definition) is 0. The summed E-state index contributed by atoms with van der Waals surface area (Å²) in [6.07, 6.45) is 0. The Balaban J connectivity index is 1.86. The van der Waals surface area contributed by atoms with Crippen molar-refractivity contribution >= 4 is 22.9 Å². The molecule has 0 saturated heterocycles. The lowest BCUT2D eigenvalue weighted by Gasteiger charge is -2.05. The molecule has 0 radical (unpaired) electrons. The average Bonchev–Trinajstić information content (AvgIpc) is 2.89. The Hall–Kier alpha value is -0.240. The fraction of sp³-hybridized carbons (Fsp3) is 0.750. The number of halogens is 1.